The molecule has 8 atom stereocenters. The number of aliphatic hydroxyl groups is 2. The van der Waals surface area contributed by atoms with Crippen LogP contribution in [0.2, 0.25) is 0 Å². The van der Waals surface area contributed by atoms with E-state index in [-0.39, 0.29) is 0 Å². The minimum atomic E-state index is -1.83. The molecule has 1 saturated heterocycles. The maximum atomic E-state index is 12.5. The number of carbonyl (C=O) groups excluding carboxylic acids is 3. The second-order valence-corrected chi connectivity index (χ2v) is 8.28. The predicted octanol–water partition coefficient (Wildman–Crippen LogP) is -4.91. The van der Waals surface area contributed by atoms with Gasteiger partial charge in [0.1, 0.15) is 30.5 Å². The van der Waals surface area contributed by atoms with E-state index in [0.29, 0.717) is 0 Å². The lowest BCUT2D eigenvalue weighted by atomic mass is 10.0. The van der Waals surface area contributed by atoms with Crippen molar-refractivity contribution in [3.8, 4) is 0 Å². The normalized spacial score (nSPS) is 29.2. The van der Waals surface area contributed by atoms with E-state index in [9.17, 15) is 34.2 Å². The highest BCUT2D eigenvalue weighted by Gasteiger charge is 2.53. The second-order valence-electron chi connectivity index (χ2n) is 8.28. The lowest BCUT2D eigenvalue weighted by Gasteiger charge is -2.35. The number of methoxy groups -OCH3 is 2. The number of hydrogen-bond donors (Lipinski definition) is 6. The fourth-order valence-corrected chi connectivity index (χ4v) is 4.01. The standard InChI is InChI=1S/C21H29N5O13/c1-34-13-14(38-19(16(13)35-2)26-5-4-10(28)24-21(26)33)15(17(22)31)39-20-12(30)8(27)6-9(37-20)18(32)23-7-11(29)25-36-3/h4-6,8,12-16,19-20,27,30H,7H2,1-3H3,(H2,22,31)(H,23,32)(H,25,29)(H,24,28,33)/t8?,12?,13?,14-,15?,16?,19+,20+/m0/s1. The highest BCUT2D eigenvalue weighted by atomic mass is 16.7. The summed E-state index contributed by atoms with van der Waals surface area (Å²) in [6, 6.07) is 1.07. The summed E-state index contributed by atoms with van der Waals surface area (Å²) in [4.78, 5) is 66.8. The van der Waals surface area contributed by atoms with Crippen molar-refractivity contribution in [1.29, 1.82) is 0 Å². The topological polar surface area (TPSA) is 252 Å². The molecular weight excluding hydrogens is 530 g/mol. The number of ether oxygens (including phenoxy) is 5. The Morgan fingerprint density at radius 2 is 1.87 bits per heavy atom. The van der Waals surface area contributed by atoms with E-state index in [1.165, 1.54) is 21.3 Å². The van der Waals surface area contributed by atoms with Gasteiger partial charge in [-0.1, -0.05) is 0 Å². The zero-order chi connectivity index (χ0) is 28.9. The van der Waals surface area contributed by atoms with Gasteiger partial charge < -0.3 is 44.9 Å². The van der Waals surface area contributed by atoms with E-state index in [1.807, 2.05) is 5.48 Å². The molecule has 0 aliphatic carbocycles. The zero-order valence-corrected chi connectivity index (χ0v) is 21.0. The minimum absolute atomic E-state index is 0.517. The molecule has 216 valence electrons. The molecule has 0 saturated carbocycles. The molecule has 1 aromatic heterocycles. The van der Waals surface area contributed by atoms with Crippen LogP contribution in [0.3, 0.4) is 0 Å². The molecule has 7 N–H and O–H groups in total. The number of aromatic amines is 1. The summed E-state index contributed by atoms with van der Waals surface area (Å²) in [5.74, 6) is -3.31. The van der Waals surface area contributed by atoms with Crippen LogP contribution in [0.15, 0.2) is 33.7 Å². The third kappa shape index (κ3) is 6.68. The highest BCUT2D eigenvalue weighted by molar-refractivity contribution is 5.94. The number of nitrogens with two attached hydrogens (primary N) is 1. The second kappa shape index (κ2) is 12.9. The van der Waals surface area contributed by atoms with Crippen molar-refractivity contribution in [2.75, 3.05) is 27.9 Å². The molecule has 5 unspecified atom stereocenters. The van der Waals surface area contributed by atoms with E-state index >= 15 is 0 Å². The van der Waals surface area contributed by atoms with Crippen LogP contribution in [0, 0.1) is 0 Å². The van der Waals surface area contributed by atoms with E-state index < -0.39 is 90.4 Å². The molecule has 0 spiro atoms. The number of carbonyl (C=O) groups is 3. The van der Waals surface area contributed by atoms with Gasteiger partial charge in [0.05, 0.1) is 13.7 Å². The van der Waals surface area contributed by atoms with Crippen LogP contribution in [0.25, 0.3) is 0 Å². The van der Waals surface area contributed by atoms with Crippen LogP contribution in [-0.2, 0) is 42.9 Å². The predicted molar refractivity (Wildman–Crippen MR) is 124 cm³/mol. The molecule has 0 aromatic carbocycles. The fraction of sp³-hybridized carbons (Fsp3) is 0.571. The Kier molecular flexibility index (Phi) is 9.92. The number of H-pyrrole nitrogens is 1. The summed E-state index contributed by atoms with van der Waals surface area (Å²) in [6.07, 6.45) is -9.71. The van der Waals surface area contributed by atoms with E-state index in [2.05, 4.69) is 15.1 Å². The molecule has 2 aliphatic rings. The van der Waals surface area contributed by atoms with Gasteiger partial charge in [0, 0.05) is 26.5 Å². The summed E-state index contributed by atoms with van der Waals surface area (Å²) >= 11 is 0. The summed E-state index contributed by atoms with van der Waals surface area (Å²) in [5, 5.41) is 22.9. The minimum Gasteiger partial charge on any atom is -0.456 e. The SMILES string of the molecule is CONC(=O)CNC(=O)C1=CC(O)C(O)[C@@H](OC(C(N)=O)[C@H]2O[C@@H](n3ccc(=O)[nH]c3=O)C(OC)C2OC)O1. The smallest absolute Gasteiger partial charge is 0.330 e. The first-order chi connectivity index (χ1) is 18.5. The Morgan fingerprint density at radius 1 is 1.18 bits per heavy atom. The number of hydroxylamine groups is 1. The monoisotopic (exact) mass is 559 g/mol. The summed E-state index contributed by atoms with van der Waals surface area (Å²) in [5.41, 5.74) is 6.04. The number of aliphatic hydroxyl groups excluding tert-OH is 2. The van der Waals surface area contributed by atoms with Gasteiger partial charge in [-0.25, -0.2) is 10.3 Å². The number of hydrogen-bond acceptors (Lipinski definition) is 13. The Bertz CT molecular complexity index is 1200. The molecule has 39 heavy (non-hydrogen) atoms. The van der Waals surface area contributed by atoms with Crippen LogP contribution >= 0.6 is 0 Å². The Balaban J connectivity index is 1.83. The van der Waals surface area contributed by atoms with E-state index in [0.717, 1.165) is 22.9 Å². The van der Waals surface area contributed by atoms with Gasteiger partial charge in [-0.3, -0.25) is 33.6 Å². The quantitative estimate of drug-likeness (QED) is 0.139. The Labute approximate surface area is 219 Å². The van der Waals surface area contributed by atoms with Crippen LogP contribution in [0.1, 0.15) is 6.23 Å². The van der Waals surface area contributed by atoms with Crippen LogP contribution in [0.5, 0.6) is 0 Å². The summed E-state index contributed by atoms with van der Waals surface area (Å²) in [6.45, 7) is -0.517. The number of primary amides is 1. The fourth-order valence-electron chi connectivity index (χ4n) is 4.01. The molecule has 1 fully saturated rings. The van der Waals surface area contributed by atoms with Gasteiger partial charge in [0.2, 0.25) is 12.2 Å². The molecule has 18 heteroatoms. The van der Waals surface area contributed by atoms with Crippen molar-refractivity contribution in [2.24, 2.45) is 5.73 Å². The average molecular weight is 559 g/mol. The van der Waals surface area contributed by atoms with Gasteiger partial charge in [0.25, 0.3) is 17.4 Å². The molecule has 1 aromatic rings. The van der Waals surface area contributed by atoms with Crippen molar-refractivity contribution in [3.05, 3.63) is 44.9 Å². The Hall–Kier alpha value is -3.65. The van der Waals surface area contributed by atoms with Gasteiger partial charge >= 0.3 is 5.69 Å². The maximum Gasteiger partial charge on any atom is 0.330 e. The van der Waals surface area contributed by atoms with Crippen LogP contribution in [-0.4, -0.2) is 108 Å². The number of nitrogens with one attached hydrogen (secondary N) is 3. The largest absolute Gasteiger partial charge is 0.456 e. The molecule has 3 heterocycles. The zero-order valence-electron chi connectivity index (χ0n) is 21.0. The highest BCUT2D eigenvalue weighted by Crippen LogP contribution is 2.35. The number of aromatic nitrogens is 2. The molecule has 2 aliphatic heterocycles. The maximum absolute atomic E-state index is 12.5. The first-order valence-electron chi connectivity index (χ1n) is 11.3. The Morgan fingerprint density at radius 3 is 2.46 bits per heavy atom. The molecule has 0 bridgehead atoms. The molecule has 0 radical (unpaired) electrons. The first-order valence-corrected chi connectivity index (χ1v) is 11.3. The number of rotatable bonds is 11. The van der Waals surface area contributed by atoms with E-state index in [4.69, 9.17) is 29.4 Å². The van der Waals surface area contributed by atoms with Gasteiger partial charge in [-0.15, -0.1) is 0 Å². The van der Waals surface area contributed by atoms with Gasteiger partial charge in [-0.2, -0.15) is 0 Å². The van der Waals surface area contributed by atoms with Crippen molar-refractivity contribution >= 4 is 17.7 Å². The number of nitrogens with zero attached hydrogens (tertiary/aromatic N) is 1. The van der Waals surface area contributed by atoms with Crippen LogP contribution in [0.4, 0.5) is 0 Å². The van der Waals surface area contributed by atoms with E-state index in [1.54, 1.807) is 0 Å². The van der Waals surface area contributed by atoms with Crippen molar-refractivity contribution in [1.82, 2.24) is 20.3 Å². The van der Waals surface area contributed by atoms with Crippen molar-refractivity contribution in [2.45, 2.75) is 49.1 Å². The van der Waals surface area contributed by atoms with Crippen molar-refractivity contribution < 1.29 is 53.1 Å². The lowest BCUT2D eigenvalue weighted by Crippen LogP contribution is -2.54. The summed E-state index contributed by atoms with van der Waals surface area (Å²) < 4.78 is 28.7. The molecule has 3 amide bonds. The summed E-state index contributed by atoms with van der Waals surface area (Å²) in [7, 11) is 3.75. The number of amides is 3. The molecule has 3 rings (SSSR count). The lowest BCUT2D eigenvalue weighted by molar-refractivity contribution is -0.241. The van der Waals surface area contributed by atoms with Crippen molar-refractivity contribution in [3.63, 3.8) is 0 Å². The first kappa shape index (κ1) is 29.9. The molecule has 18 nitrogen and oxygen atoms in total. The van der Waals surface area contributed by atoms with Crippen LogP contribution < -0.4 is 27.8 Å². The van der Waals surface area contributed by atoms with Gasteiger partial charge in [-0.05, 0) is 6.08 Å². The third-order valence-corrected chi connectivity index (χ3v) is 5.80. The third-order valence-electron chi connectivity index (χ3n) is 5.80. The average Bonchev–Trinajstić information content (AvgIpc) is 3.25. The molecular formula is C21H29N5O13. The van der Waals surface area contributed by atoms with Gasteiger partial charge in [0.15, 0.2) is 18.1 Å².